The predicted octanol–water partition coefficient (Wildman–Crippen LogP) is -0.584. The molecular weight excluding hydrogens is 188 g/mol. The number of esters is 1. The fraction of sp³-hybridized carbons (Fsp3) is 0.556. The van der Waals surface area contributed by atoms with E-state index in [1.165, 1.54) is 6.92 Å². The van der Waals surface area contributed by atoms with Gasteiger partial charge in [-0.25, -0.2) is 4.79 Å². The van der Waals surface area contributed by atoms with Crippen molar-refractivity contribution in [2.45, 2.75) is 26.1 Å². The van der Waals surface area contributed by atoms with Gasteiger partial charge in [0, 0.05) is 0 Å². The SMILES string of the molecule is CCOC(=O)[C@H](O)[C@@H](O)C=CC(C)=O. The summed E-state index contributed by atoms with van der Waals surface area (Å²) in [5.41, 5.74) is 0. The normalized spacial score (nSPS) is 15.1. The minimum Gasteiger partial charge on any atom is -0.464 e. The molecule has 2 atom stereocenters. The summed E-state index contributed by atoms with van der Waals surface area (Å²) in [7, 11) is 0. The fourth-order valence-electron chi connectivity index (χ4n) is 0.706. The third kappa shape index (κ3) is 4.74. The molecule has 0 aliphatic rings. The van der Waals surface area contributed by atoms with Crippen molar-refractivity contribution in [3.8, 4) is 0 Å². The van der Waals surface area contributed by atoms with E-state index >= 15 is 0 Å². The second-order valence-electron chi connectivity index (χ2n) is 2.66. The first-order valence-electron chi connectivity index (χ1n) is 4.20. The van der Waals surface area contributed by atoms with Crippen molar-refractivity contribution >= 4 is 11.8 Å². The van der Waals surface area contributed by atoms with Crippen molar-refractivity contribution in [3.05, 3.63) is 12.2 Å². The van der Waals surface area contributed by atoms with Gasteiger partial charge in [0.2, 0.25) is 0 Å². The van der Waals surface area contributed by atoms with Gasteiger partial charge in [0.1, 0.15) is 6.10 Å². The minimum atomic E-state index is -1.65. The van der Waals surface area contributed by atoms with Crippen molar-refractivity contribution in [1.82, 2.24) is 0 Å². The van der Waals surface area contributed by atoms with Crippen LogP contribution in [-0.4, -0.2) is 40.8 Å². The Bertz CT molecular complexity index is 233. The molecule has 0 amide bonds. The van der Waals surface area contributed by atoms with Crippen LogP contribution < -0.4 is 0 Å². The Kier molecular flexibility index (Phi) is 5.74. The molecule has 5 heteroatoms. The summed E-state index contributed by atoms with van der Waals surface area (Å²) in [6.07, 6.45) is -0.944. The van der Waals surface area contributed by atoms with E-state index in [0.29, 0.717) is 0 Å². The number of hydrogen-bond acceptors (Lipinski definition) is 5. The molecule has 0 spiro atoms. The lowest BCUT2D eigenvalue weighted by molar-refractivity contribution is -0.157. The summed E-state index contributed by atoms with van der Waals surface area (Å²) in [4.78, 5) is 21.3. The highest BCUT2D eigenvalue weighted by atomic mass is 16.5. The zero-order valence-corrected chi connectivity index (χ0v) is 8.14. The highest BCUT2D eigenvalue weighted by Gasteiger charge is 2.23. The van der Waals surface area contributed by atoms with Crippen LogP contribution in [0.2, 0.25) is 0 Å². The van der Waals surface area contributed by atoms with Crippen LogP contribution in [0.1, 0.15) is 13.8 Å². The number of carbonyl (C=O) groups is 2. The zero-order chi connectivity index (χ0) is 11.1. The predicted molar refractivity (Wildman–Crippen MR) is 48.5 cm³/mol. The maximum Gasteiger partial charge on any atom is 0.338 e. The third-order valence-electron chi connectivity index (χ3n) is 1.38. The first kappa shape index (κ1) is 12.8. The molecule has 2 N–H and O–H groups in total. The van der Waals surface area contributed by atoms with Crippen LogP contribution in [0, 0.1) is 0 Å². The van der Waals surface area contributed by atoms with Gasteiger partial charge in [-0.15, -0.1) is 0 Å². The Morgan fingerprint density at radius 2 is 2.00 bits per heavy atom. The van der Waals surface area contributed by atoms with E-state index in [0.717, 1.165) is 12.2 Å². The average Bonchev–Trinajstić information content (AvgIpc) is 2.13. The summed E-state index contributed by atoms with van der Waals surface area (Å²) >= 11 is 0. The topological polar surface area (TPSA) is 83.8 Å². The van der Waals surface area contributed by atoms with Gasteiger partial charge in [-0.3, -0.25) is 4.79 Å². The maximum absolute atomic E-state index is 10.9. The molecule has 14 heavy (non-hydrogen) atoms. The molecule has 80 valence electrons. The summed E-state index contributed by atoms with van der Waals surface area (Å²) in [6.45, 7) is 3.00. The first-order valence-corrected chi connectivity index (χ1v) is 4.20. The molecule has 0 aromatic heterocycles. The van der Waals surface area contributed by atoms with E-state index < -0.39 is 18.2 Å². The van der Waals surface area contributed by atoms with Gasteiger partial charge in [0.05, 0.1) is 6.61 Å². The molecule has 0 saturated heterocycles. The van der Waals surface area contributed by atoms with Crippen LogP contribution >= 0.6 is 0 Å². The lowest BCUT2D eigenvalue weighted by Crippen LogP contribution is -2.34. The molecule has 0 rings (SSSR count). The number of carbonyl (C=O) groups excluding carboxylic acids is 2. The number of ketones is 1. The molecule has 0 heterocycles. The number of allylic oxidation sites excluding steroid dienone is 1. The van der Waals surface area contributed by atoms with E-state index in [1.54, 1.807) is 6.92 Å². The highest BCUT2D eigenvalue weighted by molar-refractivity contribution is 5.87. The summed E-state index contributed by atoms with van der Waals surface area (Å²) < 4.78 is 4.46. The number of hydrogen-bond donors (Lipinski definition) is 2. The summed E-state index contributed by atoms with van der Waals surface area (Å²) in [5, 5.41) is 18.3. The standard InChI is InChI=1S/C9H14O5/c1-3-14-9(13)8(12)7(11)5-4-6(2)10/h4-5,7-8,11-12H,3H2,1-2H3/t7-,8+/m0/s1. The first-order chi connectivity index (χ1) is 6.49. The average molecular weight is 202 g/mol. The van der Waals surface area contributed by atoms with Crippen LogP contribution in [0.3, 0.4) is 0 Å². The van der Waals surface area contributed by atoms with E-state index in [2.05, 4.69) is 4.74 Å². The second-order valence-corrected chi connectivity index (χ2v) is 2.66. The molecule has 0 aliphatic heterocycles. The van der Waals surface area contributed by atoms with Crippen molar-refractivity contribution in [3.63, 3.8) is 0 Å². The van der Waals surface area contributed by atoms with Crippen molar-refractivity contribution in [2.75, 3.05) is 6.61 Å². The monoisotopic (exact) mass is 202 g/mol. The molecule has 0 fully saturated rings. The summed E-state index contributed by atoms with van der Waals surface area (Å²) in [6, 6.07) is 0. The largest absolute Gasteiger partial charge is 0.464 e. The Hall–Kier alpha value is -1.20. The Balaban J connectivity index is 4.17. The number of ether oxygens (including phenoxy) is 1. The van der Waals surface area contributed by atoms with Gasteiger partial charge < -0.3 is 14.9 Å². The van der Waals surface area contributed by atoms with E-state index in [9.17, 15) is 14.7 Å². The molecule has 0 aromatic rings. The molecular formula is C9H14O5. The van der Waals surface area contributed by atoms with Gasteiger partial charge in [-0.2, -0.15) is 0 Å². The van der Waals surface area contributed by atoms with E-state index in [-0.39, 0.29) is 12.4 Å². The fourth-order valence-corrected chi connectivity index (χ4v) is 0.706. The smallest absolute Gasteiger partial charge is 0.338 e. The van der Waals surface area contributed by atoms with Crippen LogP contribution in [0.25, 0.3) is 0 Å². The Morgan fingerprint density at radius 3 is 2.43 bits per heavy atom. The molecule has 0 saturated carbocycles. The minimum absolute atomic E-state index is 0.124. The number of aliphatic hydroxyl groups is 2. The lowest BCUT2D eigenvalue weighted by Gasteiger charge is -2.12. The van der Waals surface area contributed by atoms with Crippen LogP contribution in [0.5, 0.6) is 0 Å². The van der Waals surface area contributed by atoms with Crippen LogP contribution in [-0.2, 0) is 14.3 Å². The number of rotatable bonds is 5. The van der Waals surface area contributed by atoms with Crippen LogP contribution in [0.15, 0.2) is 12.2 Å². The van der Waals surface area contributed by atoms with Crippen molar-refractivity contribution in [1.29, 1.82) is 0 Å². The van der Waals surface area contributed by atoms with Gasteiger partial charge >= 0.3 is 5.97 Å². The summed E-state index contributed by atoms with van der Waals surface area (Å²) in [5.74, 6) is -1.19. The second kappa shape index (κ2) is 6.28. The van der Waals surface area contributed by atoms with E-state index in [4.69, 9.17) is 5.11 Å². The molecule has 0 radical (unpaired) electrons. The van der Waals surface area contributed by atoms with Crippen molar-refractivity contribution in [2.24, 2.45) is 0 Å². The van der Waals surface area contributed by atoms with Gasteiger partial charge in [0.15, 0.2) is 11.9 Å². The van der Waals surface area contributed by atoms with Crippen LogP contribution in [0.4, 0.5) is 0 Å². The Labute approximate surface area is 82.0 Å². The molecule has 5 nitrogen and oxygen atoms in total. The van der Waals surface area contributed by atoms with Gasteiger partial charge in [0.25, 0.3) is 0 Å². The zero-order valence-electron chi connectivity index (χ0n) is 8.14. The molecule has 0 aliphatic carbocycles. The third-order valence-corrected chi connectivity index (χ3v) is 1.38. The van der Waals surface area contributed by atoms with Gasteiger partial charge in [-0.1, -0.05) is 0 Å². The molecule has 0 unspecified atom stereocenters. The van der Waals surface area contributed by atoms with E-state index in [1.807, 2.05) is 0 Å². The lowest BCUT2D eigenvalue weighted by atomic mass is 10.2. The van der Waals surface area contributed by atoms with Gasteiger partial charge in [-0.05, 0) is 26.0 Å². The molecule has 0 bridgehead atoms. The maximum atomic E-state index is 10.9. The Morgan fingerprint density at radius 1 is 1.43 bits per heavy atom. The quantitative estimate of drug-likeness (QED) is 0.460. The number of aliphatic hydroxyl groups excluding tert-OH is 2. The van der Waals surface area contributed by atoms with Crippen molar-refractivity contribution < 1.29 is 24.5 Å². The molecule has 0 aromatic carbocycles. The highest BCUT2D eigenvalue weighted by Crippen LogP contribution is 1.98.